The third-order valence-corrected chi connectivity index (χ3v) is 3.58. The van der Waals surface area contributed by atoms with Crippen molar-refractivity contribution in [3.05, 3.63) is 42.0 Å². The second-order valence-electron chi connectivity index (χ2n) is 3.34. The summed E-state index contributed by atoms with van der Waals surface area (Å²) in [6.45, 7) is 1.86. The first-order valence-corrected chi connectivity index (χ1v) is 6.26. The Morgan fingerprint density at radius 1 is 1.31 bits per heavy atom. The first kappa shape index (κ1) is 12.4. The van der Waals surface area contributed by atoms with Crippen molar-refractivity contribution in [2.45, 2.75) is 11.8 Å². The number of aliphatic carboxylic acids is 1. The highest BCUT2D eigenvalue weighted by Gasteiger charge is 2.11. The molecule has 0 saturated heterocycles. The van der Waals surface area contributed by atoms with Gasteiger partial charge in [0.1, 0.15) is 0 Å². The van der Waals surface area contributed by atoms with Crippen LogP contribution in [0.2, 0.25) is 0 Å². The highest BCUT2D eigenvalue weighted by atomic mass is 32.2. The summed E-state index contributed by atoms with van der Waals surface area (Å²) in [5.74, 6) is -1.46. The van der Waals surface area contributed by atoms with Crippen LogP contribution in [0.15, 0.2) is 41.3 Å². The van der Waals surface area contributed by atoms with Gasteiger partial charge in [-0.05, 0) is 19.1 Å². The molecule has 0 saturated carbocycles. The maximum atomic E-state index is 11.7. The molecule has 0 bridgehead atoms. The summed E-state index contributed by atoms with van der Waals surface area (Å²) < 4.78 is 23.4. The van der Waals surface area contributed by atoms with Gasteiger partial charge < -0.3 is 5.11 Å². The minimum Gasteiger partial charge on any atom is -0.478 e. The standard InChI is InChI=1S/C11H12O4S/c1-9-4-6-10(7-5-9)16(14,15)8-2-3-11(12)13/h2-7H,8H2,1H3,(H,12,13)/b3-2+. The molecule has 1 N–H and O–H groups in total. The summed E-state index contributed by atoms with van der Waals surface area (Å²) in [5.41, 5.74) is 0.972. The number of aryl methyl sites for hydroxylation is 1. The normalized spacial score (nSPS) is 11.8. The third-order valence-electron chi connectivity index (χ3n) is 1.96. The average molecular weight is 240 g/mol. The van der Waals surface area contributed by atoms with Crippen molar-refractivity contribution < 1.29 is 18.3 Å². The van der Waals surface area contributed by atoms with Crippen LogP contribution in [0.25, 0.3) is 0 Å². The lowest BCUT2D eigenvalue weighted by atomic mass is 10.2. The minimum atomic E-state index is -3.42. The van der Waals surface area contributed by atoms with Gasteiger partial charge >= 0.3 is 5.97 Å². The second-order valence-corrected chi connectivity index (χ2v) is 5.37. The number of carboxylic acids is 1. The number of hydrogen-bond donors (Lipinski definition) is 1. The number of sulfone groups is 1. The van der Waals surface area contributed by atoms with Gasteiger partial charge in [0, 0.05) is 6.08 Å². The molecule has 5 heteroatoms. The molecule has 1 aromatic rings. The molecule has 0 atom stereocenters. The second kappa shape index (κ2) is 4.94. The molecule has 0 aliphatic heterocycles. The molecule has 1 rings (SSSR count). The molecular formula is C11H12O4S. The number of carbonyl (C=O) groups is 1. The Hall–Kier alpha value is -1.62. The highest BCUT2D eigenvalue weighted by molar-refractivity contribution is 7.91. The van der Waals surface area contributed by atoms with E-state index in [0.717, 1.165) is 17.7 Å². The topological polar surface area (TPSA) is 71.4 Å². The number of hydrogen-bond acceptors (Lipinski definition) is 3. The Kier molecular flexibility index (Phi) is 3.84. The SMILES string of the molecule is Cc1ccc(S(=O)(=O)C/C=C/C(=O)O)cc1. The van der Waals surface area contributed by atoms with Crippen LogP contribution < -0.4 is 0 Å². The Morgan fingerprint density at radius 2 is 1.88 bits per heavy atom. The molecule has 16 heavy (non-hydrogen) atoms. The molecule has 86 valence electrons. The van der Waals surface area contributed by atoms with Crippen molar-refractivity contribution in [2.24, 2.45) is 0 Å². The molecule has 0 amide bonds. The molecule has 0 aromatic heterocycles. The molecule has 0 unspecified atom stereocenters. The molecule has 4 nitrogen and oxygen atoms in total. The zero-order valence-electron chi connectivity index (χ0n) is 8.75. The van der Waals surface area contributed by atoms with E-state index >= 15 is 0 Å². The molecular weight excluding hydrogens is 228 g/mol. The van der Waals surface area contributed by atoms with Crippen LogP contribution in [-0.2, 0) is 14.6 Å². The summed E-state index contributed by atoms with van der Waals surface area (Å²) in [4.78, 5) is 10.4. The Labute approximate surface area is 94.1 Å². The van der Waals surface area contributed by atoms with E-state index in [4.69, 9.17) is 5.11 Å². The molecule has 0 fully saturated rings. The van der Waals surface area contributed by atoms with E-state index in [0.29, 0.717) is 0 Å². The van der Waals surface area contributed by atoms with E-state index in [9.17, 15) is 13.2 Å². The summed E-state index contributed by atoms with van der Waals surface area (Å²) >= 11 is 0. The number of benzene rings is 1. The van der Waals surface area contributed by atoms with Crippen LogP contribution in [0.4, 0.5) is 0 Å². The van der Waals surface area contributed by atoms with Crippen molar-refractivity contribution in [2.75, 3.05) is 5.75 Å². The van der Waals surface area contributed by atoms with Crippen molar-refractivity contribution in [3.8, 4) is 0 Å². The summed E-state index contributed by atoms with van der Waals surface area (Å²) in [6, 6.07) is 6.43. The molecule has 1 aromatic carbocycles. The maximum Gasteiger partial charge on any atom is 0.328 e. The predicted molar refractivity (Wildman–Crippen MR) is 60.0 cm³/mol. The lowest BCUT2D eigenvalue weighted by molar-refractivity contribution is -0.131. The first-order chi connectivity index (χ1) is 7.42. The largest absolute Gasteiger partial charge is 0.478 e. The molecule has 0 radical (unpaired) electrons. The van der Waals surface area contributed by atoms with E-state index in [1.807, 2.05) is 6.92 Å². The van der Waals surface area contributed by atoms with Gasteiger partial charge in [0.2, 0.25) is 0 Å². The zero-order chi connectivity index (χ0) is 12.2. The van der Waals surface area contributed by atoms with E-state index in [1.165, 1.54) is 12.1 Å². The lowest BCUT2D eigenvalue weighted by Crippen LogP contribution is -2.05. The van der Waals surface area contributed by atoms with E-state index in [2.05, 4.69) is 0 Å². The fourth-order valence-corrected chi connectivity index (χ4v) is 2.21. The monoisotopic (exact) mass is 240 g/mol. The van der Waals surface area contributed by atoms with Crippen molar-refractivity contribution in [1.29, 1.82) is 0 Å². The van der Waals surface area contributed by atoms with Crippen LogP contribution in [0.1, 0.15) is 5.56 Å². The summed E-state index contributed by atoms with van der Waals surface area (Å²) in [5, 5.41) is 8.34. The number of rotatable bonds is 4. The minimum absolute atomic E-state index is 0.202. The Balaban J connectivity index is 2.86. The highest BCUT2D eigenvalue weighted by Crippen LogP contribution is 2.12. The fourth-order valence-electron chi connectivity index (χ4n) is 1.12. The fraction of sp³-hybridized carbons (Fsp3) is 0.182. The smallest absolute Gasteiger partial charge is 0.328 e. The molecule has 0 aliphatic carbocycles. The quantitative estimate of drug-likeness (QED) is 0.808. The van der Waals surface area contributed by atoms with Gasteiger partial charge in [0.05, 0.1) is 10.6 Å². The number of carboxylic acid groups (broad SMARTS) is 1. The van der Waals surface area contributed by atoms with Crippen molar-refractivity contribution >= 4 is 15.8 Å². The lowest BCUT2D eigenvalue weighted by Gasteiger charge is -2.01. The van der Waals surface area contributed by atoms with Gasteiger partial charge in [0.15, 0.2) is 9.84 Å². The zero-order valence-corrected chi connectivity index (χ0v) is 9.57. The maximum absolute atomic E-state index is 11.7. The Morgan fingerprint density at radius 3 is 2.38 bits per heavy atom. The van der Waals surface area contributed by atoms with Gasteiger partial charge in [-0.15, -0.1) is 0 Å². The van der Waals surface area contributed by atoms with Crippen molar-refractivity contribution in [1.82, 2.24) is 0 Å². The average Bonchev–Trinajstić information content (AvgIpc) is 2.17. The molecule has 0 aliphatic rings. The molecule has 0 heterocycles. The van der Waals surface area contributed by atoms with Gasteiger partial charge in [-0.25, -0.2) is 13.2 Å². The van der Waals surface area contributed by atoms with Crippen LogP contribution in [0, 0.1) is 6.92 Å². The van der Waals surface area contributed by atoms with Crippen LogP contribution >= 0.6 is 0 Å². The summed E-state index contributed by atoms with van der Waals surface area (Å²) in [7, 11) is -3.42. The molecule has 0 spiro atoms. The van der Waals surface area contributed by atoms with Crippen LogP contribution in [0.5, 0.6) is 0 Å². The predicted octanol–water partition coefficient (Wildman–Crippen LogP) is 1.41. The van der Waals surface area contributed by atoms with Gasteiger partial charge in [-0.1, -0.05) is 23.8 Å². The van der Waals surface area contributed by atoms with Gasteiger partial charge in [0.25, 0.3) is 0 Å². The van der Waals surface area contributed by atoms with E-state index < -0.39 is 15.8 Å². The van der Waals surface area contributed by atoms with Gasteiger partial charge in [-0.2, -0.15) is 0 Å². The van der Waals surface area contributed by atoms with Crippen molar-refractivity contribution in [3.63, 3.8) is 0 Å². The van der Waals surface area contributed by atoms with Crippen LogP contribution in [0.3, 0.4) is 0 Å². The Bertz CT molecular complexity index is 497. The van der Waals surface area contributed by atoms with E-state index in [1.54, 1.807) is 12.1 Å². The third kappa shape index (κ3) is 3.51. The van der Waals surface area contributed by atoms with Crippen LogP contribution in [-0.4, -0.2) is 25.2 Å². The van der Waals surface area contributed by atoms with E-state index in [-0.39, 0.29) is 10.6 Å². The summed E-state index contributed by atoms with van der Waals surface area (Å²) in [6.07, 6.45) is 1.95. The first-order valence-electron chi connectivity index (χ1n) is 4.61. The van der Waals surface area contributed by atoms with Gasteiger partial charge in [-0.3, -0.25) is 0 Å².